The number of rotatable bonds is 6. The third-order valence-corrected chi connectivity index (χ3v) is 6.63. The van der Waals surface area contributed by atoms with Crippen molar-refractivity contribution in [2.24, 2.45) is 0 Å². The fraction of sp³-hybridized carbons (Fsp3) is 0.429. The number of benzene rings is 1. The van der Waals surface area contributed by atoms with Crippen LogP contribution in [0.2, 0.25) is 5.02 Å². The highest BCUT2D eigenvalue weighted by Gasteiger charge is 2.28. The molecule has 6 nitrogen and oxygen atoms in total. The molecule has 0 radical (unpaired) electrons. The summed E-state index contributed by atoms with van der Waals surface area (Å²) < 4.78 is 27.5. The van der Waals surface area contributed by atoms with E-state index in [1.165, 1.54) is 11.8 Å². The van der Waals surface area contributed by atoms with E-state index in [0.29, 0.717) is 17.1 Å². The van der Waals surface area contributed by atoms with Crippen LogP contribution in [-0.4, -0.2) is 49.4 Å². The lowest BCUT2D eigenvalue weighted by Crippen LogP contribution is -2.22. The molecule has 126 valence electrons. The summed E-state index contributed by atoms with van der Waals surface area (Å²) >= 11 is 6.99. The second kappa shape index (κ2) is 8.03. The van der Waals surface area contributed by atoms with E-state index in [2.05, 4.69) is 5.32 Å². The number of thioether (sulfide) groups is 1. The lowest BCUT2D eigenvalue weighted by Gasteiger charge is -2.08. The van der Waals surface area contributed by atoms with Gasteiger partial charge in [0.25, 0.3) is 5.91 Å². The molecule has 0 aliphatic carbocycles. The maximum absolute atomic E-state index is 11.6. The molecule has 1 amide bonds. The molecule has 0 spiro atoms. The fourth-order valence-corrected chi connectivity index (χ4v) is 5.56. The summed E-state index contributed by atoms with van der Waals surface area (Å²) in [5, 5.41) is 3.05. The summed E-state index contributed by atoms with van der Waals surface area (Å²) in [5.41, 5.74) is 0.556. The molecule has 0 bridgehead atoms. The Hall–Kier alpha value is -1.25. The molecule has 0 saturated carbocycles. The smallest absolute Gasteiger partial charge is 0.316 e. The van der Waals surface area contributed by atoms with Gasteiger partial charge in [-0.25, -0.2) is 8.42 Å². The Morgan fingerprint density at radius 3 is 2.61 bits per heavy atom. The van der Waals surface area contributed by atoms with Gasteiger partial charge < -0.3 is 10.1 Å². The maximum atomic E-state index is 11.6. The first kappa shape index (κ1) is 18.1. The summed E-state index contributed by atoms with van der Waals surface area (Å²) in [6.07, 6.45) is 0.553. The van der Waals surface area contributed by atoms with Gasteiger partial charge in [-0.1, -0.05) is 11.6 Å². The maximum Gasteiger partial charge on any atom is 0.316 e. The van der Waals surface area contributed by atoms with Crippen LogP contribution >= 0.6 is 23.4 Å². The third kappa shape index (κ3) is 6.40. The van der Waals surface area contributed by atoms with E-state index in [-0.39, 0.29) is 29.1 Å². The molecule has 1 fully saturated rings. The van der Waals surface area contributed by atoms with Crippen molar-refractivity contribution in [1.82, 2.24) is 0 Å². The zero-order chi connectivity index (χ0) is 16.9. The standard InChI is InChI=1S/C14H16ClNO5S2/c15-10-1-3-11(4-2-10)16-13(17)7-21-14(18)8-22-12-5-6-23(19,20)9-12/h1-4,12H,5-9H2,(H,16,17)/t12-/m0/s1. The van der Waals surface area contributed by atoms with E-state index in [9.17, 15) is 18.0 Å². The molecular formula is C14H16ClNO5S2. The van der Waals surface area contributed by atoms with Crippen LogP contribution in [0.15, 0.2) is 24.3 Å². The molecule has 1 aromatic rings. The average Bonchev–Trinajstić information content (AvgIpc) is 2.85. The van der Waals surface area contributed by atoms with Crippen molar-refractivity contribution in [3.63, 3.8) is 0 Å². The quantitative estimate of drug-likeness (QED) is 0.759. The second-order valence-corrected chi connectivity index (χ2v) is 9.01. The molecule has 1 aromatic carbocycles. The van der Waals surface area contributed by atoms with Crippen LogP contribution in [0.3, 0.4) is 0 Å². The number of esters is 1. The van der Waals surface area contributed by atoms with Gasteiger partial charge in [-0.05, 0) is 30.7 Å². The summed E-state index contributed by atoms with van der Waals surface area (Å²) in [6, 6.07) is 6.54. The fourth-order valence-electron chi connectivity index (χ4n) is 2.00. The van der Waals surface area contributed by atoms with Gasteiger partial charge >= 0.3 is 5.97 Å². The van der Waals surface area contributed by atoms with E-state index in [4.69, 9.17) is 16.3 Å². The van der Waals surface area contributed by atoms with Gasteiger partial charge in [-0.15, -0.1) is 11.8 Å². The molecule has 9 heteroatoms. The Labute approximate surface area is 143 Å². The Balaban J connectivity index is 1.66. The molecule has 1 saturated heterocycles. The number of sulfone groups is 1. The number of amides is 1. The van der Waals surface area contributed by atoms with Gasteiger partial charge in [0.1, 0.15) is 0 Å². The van der Waals surface area contributed by atoms with Gasteiger partial charge in [0.2, 0.25) is 0 Å². The van der Waals surface area contributed by atoms with Crippen LogP contribution in [0.4, 0.5) is 5.69 Å². The SMILES string of the molecule is O=C(COC(=O)CS[C@H]1CCS(=O)(=O)C1)Nc1ccc(Cl)cc1. The lowest BCUT2D eigenvalue weighted by molar-refractivity contribution is -0.144. The average molecular weight is 378 g/mol. The molecule has 1 atom stereocenters. The molecule has 1 aliphatic heterocycles. The first-order chi connectivity index (χ1) is 10.8. The van der Waals surface area contributed by atoms with Gasteiger partial charge in [-0.2, -0.15) is 0 Å². The minimum Gasteiger partial charge on any atom is -0.455 e. The largest absolute Gasteiger partial charge is 0.455 e. The van der Waals surface area contributed by atoms with Gasteiger partial charge in [0.05, 0.1) is 17.3 Å². The first-order valence-electron chi connectivity index (χ1n) is 6.87. The number of nitrogens with one attached hydrogen (secondary N) is 1. The molecule has 0 aromatic heterocycles. The highest BCUT2D eigenvalue weighted by molar-refractivity contribution is 8.02. The number of hydrogen-bond acceptors (Lipinski definition) is 6. The number of hydrogen-bond donors (Lipinski definition) is 1. The number of carbonyl (C=O) groups is 2. The highest BCUT2D eigenvalue weighted by atomic mass is 35.5. The van der Waals surface area contributed by atoms with E-state index < -0.39 is 21.7 Å². The highest BCUT2D eigenvalue weighted by Crippen LogP contribution is 2.24. The van der Waals surface area contributed by atoms with Gasteiger partial charge in [0, 0.05) is 16.0 Å². The number of halogens is 1. The second-order valence-electron chi connectivity index (χ2n) is 5.05. The van der Waals surface area contributed by atoms with E-state index >= 15 is 0 Å². The zero-order valence-electron chi connectivity index (χ0n) is 12.2. The van der Waals surface area contributed by atoms with Crippen molar-refractivity contribution in [2.45, 2.75) is 11.7 Å². The normalized spacial score (nSPS) is 19.3. The molecule has 0 unspecified atom stereocenters. The molecule has 1 aliphatic rings. The van der Waals surface area contributed by atoms with Gasteiger partial charge in [-0.3, -0.25) is 9.59 Å². The number of ether oxygens (including phenoxy) is 1. The Bertz CT molecular complexity index is 675. The van der Waals surface area contributed by atoms with Crippen LogP contribution in [0, 0.1) is 0 Å². The van der Waals surface area contributed by atoms with Crippen molar-refractivity contribution < 1.29 is 22.7 Å². The van der Waals surface area contributed by atoms with Crippen molar-refractivity contribution in [2.75, 3.05) is 29.2 Å². The number of anilines is 1. The monoisotopic (exact) mass is 377 g/mol. The number of carbonyl (C=O) groups excluding carboxylic acids is 2. The third-order valence-electron chi connectivity index (χ3n) is 3.12. The Morgan fingerprint density at radius 1 is 1.30 bits per heavy atom. The zero-order valence-corrected chi connectivity index (χ0v) is 14.5. The van der Waals surface area contributed by atoms with Gasteiger partial charge in [0.15, 0.2) is 16.4 Å². The minimum atomic E-state index is -2.95. The summed E-state index contributed by atoms with van der Waals surface area (Å²) in [5.74, 6) is -0.681. The summed E-state index contributed by atoms with van der Waals surface area (Å²) in [6.45, 7) is -0.384. The Kier molecular flexibility index (Phi) is 6.32. The van der Waals surface area contributed by atoms with Crippen LogP contribution in [-0.2, 0) is 24.2 Å². The summed E-state index contributed by atoms with van der Waals surface area (Å²) in [4.78, 5) is 23.2. The van der Waals surface area contributed by atoms with Crippen molar-refractivity contribution >= 4 is 50.8 Å². The van der Waals surface area contributed by atoms with Crippen LogP contribution in [0.1, 0.15) is 6.42 Å². The lowest BCUT2D eigenvalue weighted by atomic mass is 10.3. The molecule has 1 N–H and O–H groups in total. The van der Waals surface area contributed by atoms with Crippen LogP contribution in [0.25, 0.3) is 0 Å². The predicted octanol–water partition coefficient (Wildman–Crippen LogP) is 1.74. The van der Waals surface area contributed by atoms with Crippen molar-refractivity contribution in [1.29, 1.82) is 0 Å². The molecule has 2 rings (SSSR count). The predicted molar refractivity (Wildman–Crippen MR) is 90.6 cm³/mol. The first-order valence-corrected chi connectivity index (χ1v) is 10.1. The van der Waals surface area contributed by atoms with Crippen molar-refractivity contribution in [3.8, 4) is 0 Å². The van der Waals surface area contributed by atoms with E-state index in [1.807, 2.05) is 0 Å². The Morgan fingerprint density at radius 2 is 2.00 bits per heavy atom. The van der Waals surface area contributed by atoms with E-state index in [1.54, 1.807) is 24.3 Å². The van der Waals surface area contributed by atoms with E-state index in [0.717, 1.165) is 0 Å². The van der Waals surface area contributed by atoms with Crippen LogP contribution in [0.5, 0.6) is 0 Å². The van der Waals surface area contributed by atoms with Crippen LogP contribution < -0.4 is 5.32 Å². The minimum absolute atomic E-state index is 0.0361. The molecular weight excluding hydrogens is 362 g/mol. The summed E-state index contributed by atoms with van der Waals surface area (Å²) in [7, 11) is -2.95. The van der Waals surface area contributed by atoms with Crippen molar-refractivity contribution in [3.05, 3.63) is 29.3 Å². The molecule has 1 heterocycles. The molecule has 23 heavy (non-hydrogen) atoms. The topological polar surface area (TPSA) is 89.5 Å².